The molecule has 1 fully saturated rings. The van der Waals surface area contributed by atoms with Gasteiger partial charge < -0.3 is 15.0 Å². The van der Waals surface area contributed by atoms with E-state index in [4.69, 9.17) is 15.0 Å². The van der Waals surface area contributed by atoms with Crippen LogP contribution >= 0.6 is 0 Å². The zero-order chi connectivity index (χ0) is 14.7. The van der Waals surface area contributed by atoms with Crippen LogP contribution in [0.1, 0.15) is 37.8 Å². The van der Waals surface area contributed by atoms with E-state index >= 15 is 0 Å². The molecule has 0 bridgehead atoms. The molecular formula is C17H22N2O2. The molecule has 2 N–H and O–H groups in total. The standard InChI is InChI=1S/C17H22N2O2/c1-20-14-9-5-8-13(11-14)16-15(19-21-17(16)18)10-12-6-3-2-4-7-12/h5,8-9,11-12H,2-4,6-7,10,18H2,1H3. The fourth-order valence-corrected chi connectivity index (χ4v) is 3.23. The molecular weight excluding hydrogens is 264 g/mol. The van der Waals surface area contributed by atoms with Gasteiger partial charge in [0.05, 0.1) is 18.4 Å². The van der Waals surface area contributed by atoms with Gasteiger partial charge in [-0.25, -0.2) is 0 Å². The van der Waals surface area contributed by atoms with Crippen LogP contribution in [0, 0.1) is 5.92 Å². The maximum absolute atomic E-state index is 6.00. The van der Waals surface area contributed by atoms with Crippen molar-refractivity contribution in [2.75, 3.05) is 12.8 Å². The Morgan fingerprint density at radius 2 is 2.10 bits per heavy atom. The van der Waals surface area contributed by atoms with Gasteiger partial charge in [-0.05, 0) is 30.0 Å². The van der Waals surface area contributed by atoms with E-state index in [9.17, 15) is 0 Å². The fraction of sp³-hybridized carbons (Fsp3) is 0.471. The number of hydrogen-bond donors (Lipinski definition) is 1. The summed E-state index contributed by atoms with van der Waals surface area (Å²) in [5.74, 6) is 1.92. The van der Waals surface area contributed by atoms with Crippen molar-refractivity contribution >= 4 is 5.88 Å². The predicted molar refractivity (Wildman–Crippen MR) is 83.2 cm³/mol. The van der Waals surface area contributed by atoms with Crippen molar-refractivity contribution in [3.63, 3.8) is 0 Å². The van der Waals surface area contributed by atoms with Gasteiger partial charge in [0.2, 0.25) is 5.88 Å². The van der Waals surface area contributed by atoms with Crippen molar-refractivity contribution in [3.05, 3.63) is 30.0 Å². The molecule has 4 nitrogen and oxygen atoms in total. The molecule has 4 heteroatoms. The first-order valence-corrected chi connectivity index (χ1v) is 7.66. The van der Waals surface area contributed by atoms with Gasteiger partial charge >= 0.3 is 0 Å². The first-order valence-electron chi connectivity index (χ1n) is 7.66. The van der Waals surface area contributed by atoms with Crippen LogP contribution in [0.5, 0.6) is 5.75 Å². The lowest BCUT2D eigenvalue weighted by atomic mass is 9.85. The molecule has 0 spiro atoms. The van der Waals surface area contributed by atoms with Gasteiger partial charge in [-0.1, -0.05) is 49.4 Å². The number of hydrogen-bond acceptors (Lipinski definition) is 4. The second-order valence-corrected chi connectivity index (χ2v) is 5.81. The van der Waals surface area contributed by atoms with Crippen LogP contribution in [0.2, 0.25) is 0 Å². The molecule has 1 aromatic heterocycles. The van der Waals surface area contributed by atoms with E-state index in [2.05, 4.69) is 5.16 Å². The van der Waals surface area contributed by atoms with Gasteiger partial charge in [0.1, 0.15) is 5.75 Å². The van der Waals surface area contributed by atoms with E-state index in [1.165, 1.54) is 32.1 Å². The van der Waals surface area contributed by atoms with Crippen LogP contribution < -0.4 is 10.5 Å². The van der Waals surface area contributed by atoms with E-state index in [-0.39, 0.29) is 0 Å². The zero-order valence-electron chi connectivity index (χ0n) is 12.5. The molecule has 0 unspecified atom stereocenters. The molecule has 1 aliphatic rings. The molecule has 0 amide bonds. The van der Waals surface area contributed by atoms with Crippen molar-refractivity contribution in [3.8, 4) is 16.9 Å². The minimum atomic E-state index is 0.397. The van der Waals surface area contributed by atoms with Crippen LogP contribution in [0.15, 0.2) is 28.8 Å². The molecule has 0 aliphatic heterocycles. The van der Waals surface area contributed by atoms with E-state index in [1.54, 1.807) is 7.11 Å². The molecule has 1 heterocycles. The third-order valence-electron chi connectivity index (χ3n) is 4.35. The Morgan fingerprint density at radius 3 is 2.86 bits per heavy atom. The first-order chi connectivity index (χ1) is 10.3. The fourth-order valence-electron chi connectivity index (χ4n) is 3.23. The Morgan fingerprint density at radius 1 is 1.29 bits per heavy atom. The lowest BCUT2D eigenvalue weighted by Gasteiger charge is -2.20. The van der Waals surface area contributed by atoms with Crippen LogP contribution in [-0.2, 0) is 6.42 Å². The highest BCUT2D eigenvalue weighted by atomic mass is 16.5. The molecule has 3 rings (SSSR count). The van der Waals surface area contributed by atoms with Gasteiger partial charge in [-0.2, -0.15) is 0 Å². The largest absolute Gasteiger partial charge is 0.497 e. The monoisotopic (exact) mass is 286 g/mol. The number of aromatic nitrogens is 1. The highest BCUT2D eigenvalue weighted by Crippen LogP contribution is 2.35. The number of nitrogens with two attached hydrogens (primary N) is 1. The summed E-state index contributed by atoms with van der Waals surface area (Å²) in [5.41, 5.74) is 8.92. The number of rotatable bonds is 4. The maximum atomic E-state index is 6.00. The lowest BCUT2D eigenvalue weighted by Crippen LogP contribution is -2.10. The lowest BCUT2D eigenvalue weighted by molar-refractivity contribution is 0.345. The van der Waals surface area contributed by atoms with E-state index in [0.717, 1.165) is 29.0 Å². The summed E-state index contributed by atoms with van der Waals surface area (Å²) >= 11 is 0. The quantitative estimate of drug-likeness (QED) is 0.920. The Hall–Kier alpha value is -1.97. The highest BCUT2D eigenvalue weighted by molar-refractivity contribution is 5.76. The van der Waals surface area contributed by atoms with Gasteiger partial charge in [0.25, 0.3) is 0 Å². The summed E-state index contributed by atoms with van der Waals surface area (Å²) in [6.07, 6.45) is 7.53. The van der Waals surface area contributed by atoms with Crippen molar-refractivity contribution in [2.45, 2.75) is 38.5 Å². The summed E-state index contributed by atoms with van der Waals surface area (Å²) in [6, 6.07) is 7.89. The van der Waals surface area contributed by atoms with Gasteiger partial charge in [-0.3, -0.25) is 0 Å². The Labute approximate surface area is 125 Å². The minimum Gasteiger partial charge on any atom is -0.497 e. The maximum Gasteiger partial charge on any atom is 0.230 e. The molecule has 1 saturated carbocycles. The summed E-state index contributed by atoms with van der Waals surface area (Å²) in [6.45, 7) is 0. The number of anilines is 1. The topological polar surface area (TPSA) is 61.3 Å². The highest BCUT2D eigenvalue weighted by Gasteiger charge is 2.21. The number of nitrogen functional groups attached to an aromatic ring is 1. The average Bonchev–Trinajstić information content (AvgIpc) is 2.89. The smallest absolute Gasteiger partial charge is 0.230 e. The zero-order valence-corrected chi connectivity index (χ0v) is 12.5. The van der Waals surface area contributed by atoms with Crippen molar-refractivity contribution < 1.29 is 9.26 Å². The number of methoxy groups -OCH3 is 1. The van der Waals surface area contributed by atoms with Gasteiger partial charge in [-0.15, -0.1) is 0 Å². The first kappa shape index (κ1) is 14.0. The number of nitrogens with zero attached hydrogens (tertiary/aromatic N) is 1. The normalized spacial score (nSPS) is 16.0. The van der Waals surface area contributed by atoms with Crippen LogP contribution in [-0.4, -0.2) is 12.3 Å². The van der Waals surface area contributed by atoms with E-state index < -0.39 is 0 Å². The summed E-state index contributed by atoms with van der Waals surface area (Å²) in [4.78, 5) is 0. The predicted octanol–water partition coefficient (Wildman–Crippen LogP) is 4.06. The second kappa shape index (κ2) is 6.20. The Balaban J connectivity index is 1.88. The van der Waals surface area contributed by atoms with Gasteiger partial charge in [0.15, 0.2) is 0 Å². The minimum absolute atomic E-state index is 0.397. The molecule has 0 atom stereocenters. The van der Waals surface area contributed by atoms with Gasteiger partial charge in [0, 0.05) is 0 Å². The Kier molecular flexibility index (Phi) is 4.13. The molecule has 112 valence electrons. The van der Waals surface area contributed by atoms with Crippen LogP contribution in [0.3, 0.4) is 0 Å². The third kappa shape index (κ3) is 3.04. The van der Waals surface area contributed by atoms with Crippen molar-refractivity contribution in [1.82, 2.24) is 5.16 Å². The number of benzene rings is 1. The average molecular weight is 286 g/mol. The molecule has 1 aromatic carbocycles. The SMILES string of the molecule is COc1cccc(-c2c(CC3CCCCC3)noc2N)c1. The molecule has 1 aliphatic carbocycles. The molecule has 0 saturated heterocycles. The summed E-state index contributed by atoms with van der Waals surface area (Å²) in [7, 11) is 1.67. The summed E-state index contributed by atoms with van der Waals surface area (Å²) in [5, 5.41) is 4.20. The summed E-state index contributed by atoms with van der Waals surface area (Å²) < 4.78 is 10.5. The second-order valence-electron chi connectivity index (χ2n) is 5.81. The number of ether oxygens (including phenoxy) is 1. The van der Waals surface area contributed by atoms with Crippen LogP contribution in [0.4, 0.5) is 5.88 Å². The van der Waals surface area contributed by atoms with E-state index in [1.807, 2.05) is 24.3 Å². The molecule has 21 heavy (non-hydrogen) atoms. The Bertz CT molecular complexity index is 601. The third-order valence-corrected chi connectivity index (χ3v) is 4.35. The van der Waals surface area contributed by atoms with Crippen molar-refractivity contribution in [1.29, 1.82) is 0 Å². The van der Waals surface area contributed by atoms with E-state index in [0.29, 0.717) is 11.8 Å². The molecule has 0 radical (unpaired) electrons. The van der Waals surface area contributed by atoms with Crippen LogP contribution in [0.25, 0.3) is 11.1 Å². The molecule has 2 aromatic rings. The van der Waals surface area contributed by atoms with Crippen molar-refractivity contribution in [2.24, 2.45) is 5.92 Å².